The average Bonchev–Trinajstić information content (AvgIpc) is 1.97. The van der Waals surface area contributed by atoms with Crippen molar-refractivity contribution in [2.24, 2.45) is 5.41 Å². The molecule has 0 N–H and O–H groups in total. The molecule has 8 nitrogen and oxygen atoms in total. The number of carbonyl (C=O) groups excluding carboxylic acids is 4. The zero-order valence-electron chi connectivity index (χ0n) is 10.5. The van der Waals surface area contributed by atoms with Gasteiger partial charge in [0.05, 0.1) is 23.3 Å². The molecule has 0 radical (unpaired) electrons. The summed E-state index contributed by atoms with van der Waals surface area (Å²) >= 11 is 0. The van der Waals surface area contributed by atoms with Crippen molar-refractivity contribution in [3.05, 3.63) is 0 Å². The summed E-state index contributed by atoms with van der Waals surface area (Å²) < 4.78 is 0. The van der Waals surface area contributed by atoms with Crippen molar-refractivity contribution in [3.63, 3.8) is 0 Å². The maximum Gasteiger partial charge on any atom is 1.00 e. The van der Waals surface area contributed by atoms with Crippen LogP contribution in [-0.4, -0.2) is 23.9 Å². The topological polar surface area (TPSA) is 161 Å². The summed E-state index contributed by atoms with van der Waals surface area (Å²) in [5.41, 5.74) is -3.72. The monoisotopic (exact) mass is 294 g/mol. The average molecular weight is 294 g/mol. The molecule has 0 saturated heterocycles. The number of hydrogen-bond donors (Lipinski definition) is 0. The Labute approximate surface area is 190 Å². The minimum atomic E-state index is -3.72. The molecule has 0 rings (SSSR count). The molecule has 0 saturated carbocycles. The number of carbonyl (C=O) groups is 4. The Balaban J connectivity index is -0.000000141. The van der Waals surface area contributed by atoms with E-state index in [0.717, 1.165) is 0 Å². The summed E-state index contributed by atoms with van der Waals surface area (Å²) in [6, 6.07) is 0. The van der Waals surface area contributed by atoms with E-state index in [0.29, 0.717) is 0 Å². The molecule has 0 unspecified atom stereocenters. The molecule has 0 aliphatic rings. The molecule has 0 aromatic heterocycles. The van der Waals surface area contributed by atoms with Gasteiger partial charge in [0.25, 0.3) is 0 Å². The molecule has 0 bridgehead atoms. The van der Waals surface area contributed by atoms with E-state index in [1.54, 1.807) is 0 Å². The minimum absolute atomic E-state index is 0. The van der Waals surface area contributed by atoms with Crippen LogP contribution in [0.2, 0.25) is 0 Å². The Morgan fingerprint density at radius 3 is 0.944 bits per heavy atom. The molecule has 0 aromatic rings. The SMILES string of the molecule is O=C([O-])CC(C(=O)[O-])(C(=O)[O-])C(=O)[O-].[Na+].[Na+].[Na+].[Na+]. The summed E-state index contributed by atoms with van der Waals surface area (Å²) in [5.74, 6) is -10.1. The van der Waals surface area contributed by atoms with Crippen LogP contribution in [0.25, 0.3) is 0 Å². The summed E-state index contributed by atoms with van der Waals surface area (Å²) in [6.45, 7) is 0. The maximum atomic E-state index is 10.2. The third kappa shape index (κ3) is 8.23. The van der Waals surface area contributed by atoms with Gasteiger partial charge in [0.2, 0.25) is 0 Å². The van der Waals surface area contributed by atoms with Crippen LogP contribution in [-0.2, 0) is 19.2 Å². The van der Waals surface area contributed by atoms with Crippen molar-refractivity contribution in [2.75, 3.05) is 0 Å². The molecule has 12 heteroatoms. The number of carboxylic acid groups (broad SMARTS) is 4. The summed E-state index contributed by atoms with van der Waals surface area (Å²) in [4.78, 5) is 40.5. The quantitative estimate of drug-likeness (QED) is 0.356. The fourth-order valence-electron chi connectivity index (χ4n) is 0.683. The first-order valence-electron chi connectivity index (χ1n) is 3.09. The molecular formula is C6H2Na4O8. The predicted molar refractivity (Wildman–Crippen MR) is 27.1 cm³/mol. The third-order valence-electron chi connectivity index (χ3n) is 1.45. The first kappa shape index (κ1) is 32.0. The van der Waals surface area contributed by atoms with Crippen LogP contribution >= 0.6 is 0 Å². The fourth-order valence-corrected chi connectivity index (χ4v) is 0.683. The van der Waals surface area contributed by atoms with Crippen LogP contribution in [0, 0.1) is 5.41 Å². The van der Waals surface area contributed by atoms with E-state index in [-0.39, 0.29) is 118 Å². The molecular weight excluding hydrogens is 292 g/mol. The van der Waals surface area contributed by atoms with E-state index < -0.39 is 35.7 Å². The van der Waals surface area contributed by atoms with E-state index >= 15 is 0 Å². The first-order chi connectivity index (χ1) is 6.25. The smallest absolute Gasteiger partial charge is 0.550 e. The van der Waals surface area contributed by atoms with Crippen molar-refractivity contribution in [1.82, 2.24) is 0 Å². The molecule has 0 atom stereocenters. The Kier molecular flexibility index (Phi) is 24.6. The van der Waals surface area contributed by atoms with Crippen LogP contribution in [0.1, 0.15) is 6.42 Å². The van der Waals surface area contributed by atoms with Gasteiger partial charge in [-0.2, -0.15) is 0 Å². The first-order valence-corrected chi connectivity index (χ1v) is 3.09. The molecule has 78 valence electrons. The largest absolute Gasteiger partial charge is 1.00 e. The van der Waals surface area contributed by atoms with Gasteiger partial charge in [0.15, 0.2) is 0 Å². The van der Waals surface area contributed by atoms with Crippen molar-refractivity contribution in [1.29, 1.82) is 0 Å². The van der Waals surface area contributed by atoms with Gasteiger partial charge in [-0.15, -0.1) is 0 Å². The van der Waals surface area contributed by atoms with E-state index in [1.165, 1.54) is 0 Å². The molecule has 0 aromatic carbocycles. The second-order valence-corrected chi connectivity index (χ2v) is 2.32. The van der Waals surface area contributed by atoms with Gasteiger partial charge < -0.3 is 39.6 Å². The summed E-state index contributed by atoms with van der Waals surface area (Å²) in [7, 11) is 0. The number of aliphatic carboxylic acids is 4. The van der Waals surface area contributed by atoms with Gasteiger partial charge in [-0.25, -0.2) is 0 Å². The Morgan fingerprint density at radius 2 is 0.889 bits per heavy atom. The predicted octanol–water partition coefficient (Wildman–Crippen LogP) is -18.6. The van der Waals surface area contributed by atoms with Gasteiger partial charge in [0, 0.05) is 12.4 Å². The molecule has 0 spiro atoms. The molecule has 0 aliphatic heterocycles. The fraction of sp³-hybridized carbons (Fsp3) is 0.333. The second-order valence-electron chi connectivity index (χ2n) is 2.32. The standard InChI is InChI=1S/C6H6O8.4Na/c7-2(8)1-6(3(9)10,4(11)12)5(13)14;;;;/h1H2,(H,7,8)(H,9,10)(H,11,12)(H,13,14);;;;/q;4*+1/p-4. The maximum absolute atomic E-state index is 10.2. The van der Waals surface area contributed by atoms with E-state index in [2.05, 4.69) is 0 Å². The van der Waals surface area contributed by atoms with Gasteiger partial charge in [0.1, 0.15) is 0 Å². The van der Waals surface area contributed by atoms with Crippen LogP contribution in [0.4, 0.5) is 0 Å². The molecule has 0 fully saturated rings. The number of carboxylic acids is 4. The number of rotatable bonds is 5. The molecule has 18 heavy (non-hydrogen) atoms. The van der Waals surface area contributed by atoms with Crippen LogP contribution in [0.15, 0.2) is 0 Å². The van der Waals surface area contributed by atoms with Crippen LogP contribution in [0.3, 0.4) is 0 Å². The Bertz CT molecular complexity index is 281. The Morgan fingerprint density at radius 1 is 0.667 bits per heavy atom. The Hall–Kier alpha value is 1.88. The summed E-state index contributed by atoms with van der Waals surface area (Å²) in [5, 5.41) is 40.5. The zero-order valence-corrected chi connectivity index (χ0v) is 18.5. The minimum Gasteiger partial charge on any atom is -0.550 e. The van der Waals surface area contributed by atoms with E-state index in [1.807, 2.05) is 0 Å². The molecule has 0 amide bonds. The molecule has 0 aliphatic carbocycles. The van der Waals surface area contributed by atoms with Crippen molar-refractivity contribution in [2.45, 2.75) is 6.42 Å². The zero-order chi connectivity index (χ0) is 11.5. The van der Waals surface area contributed by atoms with Crippen molar-refractivity contribution < 1.29 is 158 Å². The van der Waals surface area contributed by atoms with Gasteiger partial charge in [-0.1, -0.05) is 0 Å². The van der Waals surface area contributed by atoms with E-state index in [9.17, 15) is 39.6 Å². The van der Waals surface area contributed by atoms with Gasteiger partial charge in [-0.3, -0.25) is 0 Å². The van der Waals surface area contributed by atoms with Crippen molar-refractivity contribution >= 4 is 23.9 Å². The van der Waals surface area contributed by atoms with Crippen molar-refractivity contribution in [3.8, 4) is 0 Å². The van der Waals surface area contributed by atoms with E-state index in [4.69, 9.17) is 0 Å². The number of hydrogen-bond acceptors (Lipinski definition) is 8. The van der Waals surface area contributed by atoms with Gasteiger partial charge in [-0.05, 0) is 0 Å². The summed E-state index contributed by atoms with van der Waals surface area (Å²) in [6.07, 6.45) is -1.82. The van der Waals surface area contributed by atoms with Crippen LogP contribution in [0.5, 0.6) is 0 Å². The van der Waals surface area contributed by atoms with Gasteiger partial charge >= 0.3 is 118 Å². The normalized spacial score (nSPS) is 8.22. The third-order valence-corrected chi connectivity index (χ3v) is 1.45. The van der Waals surface area contributed by atoms with Crippen LogP contribution < -0.4 is 139 Å². The second kappa shape index (κ2) is 13.8. The molecule has 0 heterocycles.